The fourth-order valence-corrected chi connectivity index (χ4v) is 2.30. The minimum Gasteiger partial charge on any atom is -0.329 e. The third kappa shape index (κ3) is 4.35. The standard InChI is InChI=1S/C16H19ClN2/c17-16-9-5-4-8-15(16)13-19(11-10-18)12-14-6-2-1-3-7-14/h1-9H,10-13,18H2. The zero-order valence-electron chi connectivity index (χ0n) is 10.9. The number of nitrogens with zero attached hydrogens (tertiary/aromatic N) is 1. The normalized spacial score (nSPS) is 10.9. The van der Waals surface area contributed by atoms with E-state index in [9.17, 15) is 0 Å². The summed E-state index contributed by atoms with van der Waals surface area (Å²) in [5, 5.41) is 0.817. The first-order chi connectivity index (χ1) is 9.29. The first-order valence-electron chi connectivity index (χ1n) is 6.49. The second-order valence-electron chi connectivity index (χ2n) is 4.58. The van der Waals surface area contributed by atoms with Crippen LogP contribution in [0.3, 0.4) is 0 Å². The second-order valence-corrected chi connectivity index (χ2v) is 4.98. The van der Waals surface area contributed by atoms with E-state index in [1.165, 1.54) is 5.56 Å². The van der Waals surface area contributed by atoms with Gasteiger partial charge in [-0.05, 0) is 17.2 Å². The predicted molar refractivity (Wildman–Crippen MR) is 81.1 cm³/mol. The molecular weight excluding hydrogens is 256 g/mol. The van der Waals surface area contributed by atoms with E-state index in [1.807, 2.05) is 24.3 Å². The first kappa shape index (κ1) is 14.1. The molecule has 0 atom stereocenters. The van der Waals surface area contributed by atoms with Gasteiger partial charge in [0.05, 0.1) is 0 Å². The first-order valence-corrected chi connectivity index (χ1v) is 6.87. The van der Waals surface area contributed by atoms with Crippen LogP contribution in [0.5, 0.6) is 0 Å². The molecule has 0 unspecified atom stereocenters. The number of halogens is 1. The monoisotopic (exact) mass is 274 g/mol. The largest absolute Gasteiger partial charge is 0.329 e. The number of rotatable bonds is 6. The van der Waals surface area contributed by atoms with Gasteiger partial charge in [0.25, 0.3) is 0 Å². The van der Waals surface area contributed by atoms with E-state index >= 15 is 0 Å². The van der Waals surface area contributed by atoms with Crippen molar-refractivity contribution in [3.8, 4) is 0 Å². The van der Waals surface area contributed by atoms with Crippen LogP contribution in [0, 0.1) is 0 Å². The summed E-state index contributed by atoms with van der Waals surface area (Å²) in [6.45, 7) is 3.23. The van der Waals surface area contributed by atoms with Gasteiger partial charge in [-0.15, -0.1) is 0 Å². The van der Waals surface area contributed by atoms with Gasteiger partial charge < -0.3 is 5.73 Å². The van der Waals surface area contributed by atoms with E-state index in [2.05, 4.69) is 35.2 Å². The van der Waals surface area contributed by atoms with Crippen molar-refractivity contribution in [1.82, 2.24) is 4.90 Å². The molecule has 2 N–H and O–H groups in total. The third-order valence-corrected chi connectivity index (χ3v) is 3.41. The van der Waals surface area contributed by atoms with Crippen molar-refractivity contribution < 1.29 is 0 Å². The Bertz CT molecular complexity index is 499. The molecule has 0 aliphatic rings. The Morgan fingerprint density at radius 1 is 0.895 bits per heavy atom. The quantitative estimate of drug-likeness (QED) is 0.876. The molecular formula is C16H19ClN2. The van der Waals surface area contributed by atoms with Crippen LogP contribution >= 0.6 is 11.6 Å². The molecule has 2 aromatic carbocycles. The van der Waals surface area contributed by atoms with E-state index in [0.29, 0.717) is 6.54 Å². The van der Waals surface area contributed by atoms with Crippen LogP contribution in [0.15, 0.2) is 54.6 Å². The van der Waals surface area contributed by atoms with Gasteiger partial charge >= 0.3 is 0 Å². The van der Waals surface area contributed by atoms with Crippen LogP contribution in [-0.4, -0.2) is 18.0 Å². The summed E-state index contributed by atoms with van der Waals surface area (Å²) in [5.74, 6) is 0. The van der Waals surface area contributed by atoms with Gasteiger partial charge in [-0.1, -0.05) is 60.1 Å². The molecule has 19 heavy (non-hydrogen) atoms. The highest BCUT2D eigenvalue weighted by molar-refractivity contribution is 6.31. The van der Waals surface area contributed by atoms with Crippen molar-refractivity contribution in [2.45, 2.75) is 13.1 Å². The van der Waals surface area contributed by atoms with Gasteiger partial charge in [0.15, 0.2) is 0 Å². The summed E-state index contributed by atoms with van der Waals surface area (Å²) >= 11 is 6.21. The van der Waals surface area contributed by atoms with E-state index in [0.717, 1.165) is 30.2 Å². The molecule has 2 nitrogen and oxygen atoms in total. The molecule has 0 bridgehead atoms. The Morgan fingerprint density at radius 3 is 2.26 bits per heavy atom. The lowest BCUT2D eigenvalue weighted by Crippen LogP contribution is -2.28. The predicted octanol–water partition coefficient (Wildman–Crippen LogP) is 3.30. The molecule has 0 heterocycles. The summed E-state index contributed by atoms with van der Waals surface area (Å²) < 4.78 is 0. The molecule has 0 radical (unpaired) electrons. The van der Waals surface area contributed by atoms with Crippen LogP contribution in [0.2, 0.25) is 5.02 Å². The molecule has 2 rings (SSSR count). The summed E-state index contributed by atoms with van der Waals surface area (Å²) in [6, 6.07) is 18.4. The van der Waals surface area contributed by atoms with Gasteiger partial charge in [-0.25, -0.2) is 0 Å². The molecule has 0 saturated heterocycles. The molecule has 0 aliphatic heterocycles. The van der Waals surface area contributed by atoms with Crippen molar-refractivity contribution in [2.24, 2.45) is 5.73 Å². The number of hydrogen-bond acceptors (Lipinski definition) is 2. The van der Waals surface area contributed by atoms with Crippen molar-refractivity contribution in [2.75, 3.05) is 13.1 Å². The average Bonchev–Trinajstić information content (AvgIpc) is 2.43. The van der Waals surface area contributed by atoms with Gasteiger partial charge in [-0.2, -0.15) is 0 Å². The smallest absolute Gasteiger partial charge is 0.0451 e. The molecule has 0 spiro atoms. The SMILES string of the molecule is NCCN(Cc1ccccc1)Cc1ccccc1Cl. The van der Waals surface area contributed by atoms with Gasteiger partial charge in [0.2, 0.25) is 0 Å². The molecule has 0 saturated carbocycles. The summed E-state index contributed by atoms with van der Waals surface area (Å²) in [7, 11) is 0. The van der Waals surface area contributed by atoms with Crippen LogP contribution in [0.1, 0.15) is 11.1 Å². The molecule has 100 valence electrons. The fraction of sp³-hybridized carbons (Fsp3) is 0.250. The highest BCUT2D eigenvalue weighted by Crippen LogP contribution is 2.18. The third-order valence-electron chi connectivity index (χ3n) is 3.05. The minimum absolute atomic E-state index is 0.650. The lowest BCUT2D eigenvalue weighted by Gasteiger charge is -2.22. The maximum absolute atomic E-state index is 6.21. The van der Waals surface area contributed by atoms with Crippen LogP contribution in [0.25, 0.3) is 0 Å². The Morgan fingerprint density at radius 2 is 1.58 bits per heavy atom. The van der Waals surface area contributed by atoms with Crippen LogP contribution < -0.4 is 5.73 Å². The lowest BCUT2D eigenvalue weighted by atomic mass is 10.1. The molecule has 2 aromatic rings. The zero-order valence-corrected chi connectivity index (χ0v) is 11.7. The van der Waals surface area contributed by atoms with Crippen LogP contribution in [0.4, 0.5) is 0 Å². The van der Waals surface area contributed by atoms with E-state index in [1.54, 1.807) is 0 Å². The van der Waals surface area contributed by atoms with E-state index < -0.39 is 0 Å². The van der Waals surface area contributed by atoms with Gasteiger partial charge in [0.1, 0.15) is 0 Å². The summed E-state index contributed by atoms with van der Waals surface area (Å²) in [6.07, 6.45) is 0. The molecule has 0 fully saturated rings. The number of benzene rings is 2. The minimum atomic E-state index is 0.650. The highest BCUT2D eigenvalue weighted by Gasteiger charge is 2.08. The fourth-order valence-electron chi connectivity index (χ4n) is 2.11. The van der Waals surface area contributed by atoms with E-state index in [-0.39, 0.29) is 0 Å². The Labute approximate surface area is 119 Å². The second kappa shape index (κ2) is 7.29. The highest BCUT2D eigenvalue weighted by atomic mass is 35.5. The van der Waals surface area contributed by atoms with Gasteiger partial charge in [0, 0.05) is 31.2 Å². The van der Waals surface area contributed by atoms with Crippen molar-refractivity contribution in [1.29, 1.82) is 0 Å². The van der Waals surface area contributed by atoms with Crippen molar-refractivity contribution in [3.63, 3.8) is 0 Å². The van der Waals surface area contributed by atoms with E-state index in [4.69, 9.17) is 17.3 Å². The maximum Gasteiger partial charge on any atom is 0.0451 e. The zero-order chi connectivity index (χ0) is 13.5. The van der Waals surface area contributed by atoms with Crippen LogP contribution in [-0.2, 0) is 13.1 Å². The molecule has 0 aliphatic carbocycles. The van der Waals surface area contributed by atoms with Gasteiger partial charge in [-0.3, -0.25) is 4.90 Å². The Kier molecular flexibility index (Phi) is 5.40. The number of hydrogen-bond donors (Lipinski definition) is 1. The summed E-state index contributed by atoms with van der Waals surface area (Å²) in [5.41, 5.74) is 8.14. The molecule has 0 aromatic heterocycles. The summed E-state index contributed by atoms with van der Waals surface area (Å²) in [4.78, 5) is 2.32. The average molecular weight is 275 g/mol. The number of nitrogens with two attached hydrogens (primary N) is 1. The molecule has 3 heteroatoms. The lowest BCUT2D eigenvalue weighted by molar-refractivity contribution is 0.264. The Balaban J connectivity index is 2.06. The Hall–Kier alpha value is -1.35. The topological polar surface area (TPSA) is 29.3 Å². The van der Waals surface area contributed by atoms with Crippen molar-refractivity contribution >= 4 is 11.6 Å². The maximum atomic E-state index is 6.21. The van der Waals surface area contributed by atoms with Crippen molar-refractivity contribution in [3.05, 3.63) is 70.7 Å². The molecule has 0 amide bonds.